The highest BCUT2D eigenvalue weighted by Gasteiger charge is 2.48. The predicted octanol–water partition coefficient (Wildman–Crippen LogP) is 1.89. The van der Waals surface area contributed by atoms with Crippen LogP contribution >= 0.6 is 0 Å². The summed E-state index contributed by atoms with van der Waals surface area (Å²) in [5.41, 5.74) is 0. The second-order valence-corrected chi connectivity index (χ2v) is 7.46. The van der Waals surface area contributed by atoms with E-state index in [4.69, 9.17) is 9.47 Å². The molecule has 7 nitrogen and oxygen atoms in total. The summed E-state index contributed by atoms with van der Waals surface area (Å²) in [5, 5.41) is 38.3. The van der Waals surface area contributed by atoms with Crippen LogP contribution in [0.25, 0.3) is 0 Å². The van der Waals surface area contributed by atoms with Gasteiger partial charge in [0.25, 0.3) is 0 Å². The van der Waals surface area contributed by atoms with E-state index in [1.165, 1.54) is 51.4 Å². The molecule has 1 saturated heterocycles. The highest BCUT2D eigenvalue weighted by atomic mass is 16.6. The van der Waals surface area contributed by atoms with E-state index in [-0.39, 0.29) is 6.61 Å². The van der Waals surface area contributed by atoms with Crippen LogP contribution in [0.3, 0.4) is 0 Å². The molecular weight excluding hydrogens is 352 g/mol. The summed E-state index contributed by atoms with van der Waals surface area (Å²) in [5.74, 6) is -1.93. The van der Waals surface area contributed by atoms with Crippen molar-refractivity contribution in [2.45, 2.75) is 102 Å². The lowest BCUT2D eigenvalue weighted by molar-refractivity contribution is -0.273. The average Bonchev–Trinajstić information content (AvgIpc) is 2.66. The molecule has 160 valence electrons. The first kappa shape index (κ1) is 24.3. The van der Waals surface area contributed by atoms with E-state index in [9.17, 15) is 25.2 Å². The Morgan fingerprint density at radius 2 is 1.37 bits per heavy atom. The number of rotatable bonds is 14. The van der Waals surface area contributed by atoms with Gasteiger partial charge in [-0.2, -0.15) is 0 Å². The molecule has 7 heteroatoms. The molecule has 0 spiro atoms. The Morgan fingerprint density at radius 1 is 0.852 bits per heavy atom. The molecule has 0 aliphatic carbocycles. The molecule has 1 aliphatic heterocycles. The van der Waals surface area contributed by atoms with E-state index in [2.05, 4.69) is 6.92 Å². The molecule has 0 radical (unpaired) electrons. The number of unbranched alkanes of at least 4 members (excludes halogenated alkanes) is 10. The van der Waals surface area contributed by atoms with Crippen molar-refractivity contribution in [1.82, 2.24) is 0 Å². The van der Waals surface area contributed by atoms with Gasteiger partial charge in [-0.25, -0.2) is 0 Å². The molecule has 1 fully saturated rings. The molecule has 0 saturated carbocycles. The van der Waals surface area contributed by atoms with Crippen LogP contribution in [0.1, 0.15) is 77.6 Å². The third-order valence-corrected chi connectivity index (χ3v) is 5.17. The Hall–Kier alpha value is -0.730. The maximum Gasteiger partial charge on any atom is 0.314 e. The fraction of sp³-hybridized carbons (Fsp3) is 0.950. The number of hydrogen-bond acceptors (Lipinski definition) is 7. The number of carbonyl (C=O) groups is 1. The predicted molar refractivity (Wildman–Crippen MR) is 101 cm³/mol. The number of esters is 1. The minimum absolute atomic E-state index is 0.232. The molecule has 0 aromatic rings. The molecule has 5 unspecified atom stereocenters. The Labute approximate surface area is 162 Å². The number of aliphatic hydroxyl groups is 4. The topological polar surface area (TPSA) is 116 Å². The van der Waals surface area contributed by atoms with Gasteiger partial charge < -0.3 is 29.9 Å². The first-order valence-corrected chi connectivity index (χ1v) is 10.5. The monoisotopic (exact) mass is 390 g/mol. The smallest absolute Gasteiger partial charge is 0.314 e. The zero-order valence-corrected chi connectivity index (χ0v) is 16.6. The van der Waals surface area contributed by atoms with E-state index in [0.29, 0.717) is 0 Å². The third-order valence-electron chi connectivity index (χ3n) is 5.17. The minimum atomic E-state index is -1.63. The SMILES string of the molecule is CCCCCCCCCCCCCOC(=O)C1C(CO)OC(O)C(O)C1O. The van der Waals surface area contributed by atoms with Crippen LogP contribution < -0.4 is 0 Å². The van der Waals surface area contributed by atoms with Gasteiger partial charge >= 0.3 is 5.97 Å². The molecule has 1 rings (SSSR count). The molecule has 4 N–H and O–H groups in total. The molecule has 1 heterocycles. The van der Waals surface area contributed by atoms with E-state index in [1.54, 1.807) is 0 Å². The molecule has 5 atom stereocenters. The van der Waals surface area contributed by atoms with E-state index in [0.717, 1.165) is 19.3 Å². The third kappa shape index (κ3) is 8.87. The van der Waals surface area contributed by atoms with Crippen LogP contribution in [-0.4, -0.2) is 64.2 Å². The van der Waals surface area contributed by atoms with E-state index >= 15 is 0 Å². The lowest BCUT2D eigenvalue weighted by atomic mass is 9.89. The van der Waals surface area contributed by atoms with Gasteiger partial charge in [0.15, 0.2) is 6.29 Å². The van der Waals surface area contributed by atoms with Crippen LogP contribution in [0.15, 0.2) is 0 Å². The van der Waals surface area contributed by atoms with Crippen LogP contribution in [0.2, 0.25) is 0 Å². The van der Waals surface area contributed by atoms with Crippen molar-refractivity contribution < 1.29 is 34.7 Å². The van der Waals surface area contributed by atoms with Gasteiger partial charge in [-0.15, -0.1) is 0 Å². The summed E-state index contributed by atoms with van der Waals surface area (Å²) < 4.78 is 10.1. The van der Waals surface area contributed by atoms with Crippen LogP contribution in [-0.2, 0) is 14.3 Å². The standard InChI is InChI=1S/C20H38O7/c1-2-3-4-5-6-7-8-9-10-11-12-13-26-19(24)16-15(14-21)27-20(25)18(23)17(16)22/h15-18,20-23,25H,2-14H2,1H3. The summed E-state index contributed by atoms with van der Waals surface area (Å²) in [6.07, 6.45) is 7.27. The summed E-state index contributed by atoms with van der Waals surface area (Å²) in [4.78, 5) is 12.1. The average molecular weight is 391 g/mol. The van der Waals surface area contributed by atoms with Gasteiger partial charge in [0.2, 0.25) is 0 Å². The number of hydrogen-bond donors (Lipinski definition) is 4. The summed E-state index contributed by atoms with van der Waals surface area (Å²) in [7, 11) is 0. The summed E-state index contributed by atoms with van der Waals surface area (Å²) >= 11 is 0. The van der Waals surface area contributed by atoms with Gasteiger partial charge in [0.05, 0.1) is 19.3 Å². The van der Waals surface area contributed by atoms with Gasteiger partial charge in [-0.1, -0.05) is 71.1 Å². The molecule has 27 heavy (non-hydrogen) atoms. The van der Waals surface area contributed by atoms with Crippen LogP contribution in [0.5, 0.6) is 0 Å². The maximum atomic E-state index is 12.1. The molecule has 1 aliphatic rings. The molecule has 0 aromatic carbocycles. The van der Waals surface area contributed by atoms with Crippen LogP contribution in [0, 0.1) is 5.92 Å². The molecule has 0 bridgehead atoms. The van der Waals surface area contributed by atoms with Crippen molar-refractivity contribution in [2.24, 2.45) is 5.92 Å². The minimum Gasteiger partial charge on any atom is -0.465 e. The fourth-order valence-electron chi connectivity index (χ4n) is 3.43. The quantitative estimate of drug-likeness (QED) is 0.264. The zero-order valence-electron chi connectivity index (χ0n) is 16.6. The van der Waals surface area contributed by atoms with Gasteiger partial charge in [-0.3, -0.25) is 4.79 Å². The van der Waals surface area contributed by atoms with Crippen molar-refractivity contribution in [3.05, 3.63) is 0 Å². The van der Waals surface area contributed by atoms with Crippen molar-refractivity contribution in [3.8, 4) is 0 Å². The highest BCUT2D eigenvalue weighted by Crippen LogP contribution is 2.26. The van der Waals surface area contributed by atoms with Crippen molar-refractivity contribution in [3.63, 3.8) is 0 Å². The fourth-order valence-corrected chi connectivity index (χ4v) is 3.43. The molecule has 0 aromatic heterocycles. The van der Waals surface area contributed by atoms with Gasteiger partial charge in [0, 0.05) is 0 Å². The Kier molecular flexibility index (Phi) is 12.9. The number of aliphatic hydroxyl groups excluding tert-OH is 4. The highest BCUT2D eigenvalue weighted by molar-refractivity contribution is 5.74. The molecule has 0 amide bonds. The second kappa shape index (κ2) is 14.3. The summed E-state index contributed by atoms with van der Waals surface area (Å²) in [6, 6.07) is 0. The largest absolute Gasteiger partial charge is 0.465 e. The van der Waals surface area contributed by atoms with Crippen LogP contribution in [0.4, 0.5) is 0 Å². The van der Waals surface area contributed by atoms with Gasteiger partial charge in [0.1, 0.15) is 18.1 Å². The van der Waals surface area contributed by atoms with E-state index in [1.807, 2.05) is 0 Å². The lowest BCUT2D eigenvalue weighted by Gasteiger charge is -2.38. The Balaban J connectivity index is 2.09. The zero-order chi connectivity index (χ0) is 20.1. The van der Waals surface area contributed by atoms with Crippen molar-refractivity contribution in [1.29, 1.82) is 0 Å². The molecular formula is C20H38O7. The van der Waals surface area contributed by atoms with Gasteiger partial charge in [-0.05, 0) is 6.42 Å². The number of carbonyl (C=O) groups excluding carboxylic acids is 1. The Morgan fingerprint density at radius 3 is 1.89 bits per heavy atom. The first-order valence-electron chi connectivity index (χ1n) is 10.5. The Bertz CT molecular complexity index is 389. The lowest BCUT2D eigenvalue weighted by Crippen LogP contribution is -2.58. The van der Waals surface area contributed by atoms with Crippen molar-refractivity contribution >= 4 is 5.97 Å². The summed E-state index contributed by atoms with van der Waals surface area (Å²) in [6.45, 7) is 1.90. The van der Waals surface area contributed by atoms with E-state index < -0.39 is 43.1 Å². The number of ether oxygens (including phenoxy) is 2. The maximum absolute atomic E-state index is 12.1. The first-order chi connectivity index (χ1) is 13.0. The van der Waals surface area contributed by atoms with Crippen molar-refractivity contribution in [2.75, 3.05) is 13.2 Å². The second-order valence-electron chi connectivity index (χ2n) is 7.46. The normalized spacial score (nSPS) is 28.3.